The maximum absolute atomic E-state index is 12.5. The Bertz CT molecular complexity index is 1200. The lowest BCUT2D eigenvalue weighted by Gasteiger charge is -2.14. The smallest absolute Gasteiger partial charge is 0.341 e. The molecule has 1 saturated heterocycles. The van der Waals surface area contributed by atoms with Gasteiger partial charge in [0.2, 0.25) is 5.91 Å². The van der Waals surface area contributed by atoms with Crippen molar-refractivity contribution in [3.63, 3.8) is 0 Å². The minimum Gasteiger partial charge on any atom is -0.467 e. The van der Waals surface area contributed by atoms with Crippen LogP contribution in [0.2, 0.25) is 0 Å². The second-order valence-electron chi connectivity index (χ2n) is 7.85. The molecule has 0 radical (unpaired) electrons. The summed E-state index contributed by atoms with van der Waals surface area (Å²) < 4.78 is 15.5. The van der Waals surface area contributed by atoms with Crippen LogP contribution in [0.1, 0.15) is 29.5 Å². The van der Waals surface area contributed by atoms with Crippen LogP contribution in [0, 0.1) is 5.92 Å². The highest BCUT2D eigenvalue weighted by Gasteiger charge is 2.36. The van der Waals surface area contributed by atoms with Gasteiger partial charge in [0, 0.05) is 17.8 Å². The number of carbonyl (C=O) groups is 4. The van der Waals surface area contributed by atoms with Gasteiger partial charge in [-0.3, -0.25) is 14.4 Å². The first kappa shape index (κ1) is 24.2. The van der Waals surface area contributed by atoms with Crippen molar-refractivity contribution in [1.82, 2.24) is 4.90 Å². The van der Waals surface area contributed by atoms with Gasteiger partial charge < -0.3 is 24.1 Å². The number of rotatable bonds is 9. The monoisotopic (exact) mass is 496 g/mol. The molecule has 0 unspecified atom stereocenters. The fraction of sp³-hybridized carbons (Fsp3) is 0.280. The second kappa shape index (κ2) is 11.0. The van der Waals surface area contributed by atoms with Crippen LogP contribution in [0.15, 0.2) is 59.2 Å². The lowest BCUT2D eigenvalue weighted by Crippen LogP contribution is -2.28. The Kier molecular flexibility index (Phi) is 7.61. The van der Waals surface area contributed by atoms with Crippen LogP contribution in [0.3, 0.4) is 0 Å². The summed E-state index contributed by atoms with van der Waals surface area (Å²) in [5, 5.41) is 2.95. The number of likely N-dealkylation sites (tertiary alicyclic amines) is 1. The number of hydrogen-bond donors (Lipinski definition) is 1. The average molecular weight is 497 g/mol. The first-order valence-electron chi connectivity index (χ1n) is 11.1. The van der Waals surface area contributed by atoms with Crippen molar-refractivity contribution < 1.29 is 33.1 Å². The standard InChI is InChI=1S/C25H24N2O7S/c1-2-32-25(31)19-12-20(16-7-4-3-5-8-16)35-23(19)26-21(28)15-34-24(30)17-11-22(29)27(13-17)14-18-9-6-10-33-18/h3-10,12,17H,2,11,13-15H2,1H3,(H,26,28)/t17-/m1/s1. The van der Waals surface area contributed by atoms with E-state index in [2.05, 4.69) is 5.32 Å². The highest BCUT2D eigenvalue weighted by molar-refractivity contribution is 7.20. The van der Waals surface area contributed by atoms with Crippen LogP contribution in [-0.4, -0.2) is 48.4 Å². The number of hydrogen-bond acceptors (Lipinski definition) is 8. The molecule has 1 atom stereocenters. The number of carbonyl (C=O) groups excluding carboxylic acids is 4. The van der Waals surface area contributed by atoms with Gasteiger partial charge in [-0.05, 0) is 30.7 Å². The van der Waals surface area contributed by atoms with E-state index in [4.69, 9.17) is 13.9 Å². The maximum Gasteiger partial charge on any atom is 0.341 e. The first-order chi connectivity index (χ1) is 16.9. The highest BCUT2D eigenvalue weighted by Crippen LogP contribution is 2.36. The van der Waals surface area contributed by atoms with Crippen molar-refractivity contribution in [3.8, 4) is 10.4 Å². The molecule has 0 saturated carbocycles. The fourth-order valence-corrected chi connectivity index (χ4v) is 4.75. The third kappa shape index (κ3) is 5.96. The molecular weight excluding hydrogens is 472 g/mol. The van der Waals surface area contributed by atoms with Crippen molar-refractivity contribution in [2.24, 2.45) is 5.92 Å². The number of furan rings is 1. The summed E-state index contributed by atoms with van der Waals surface area (Å²) in [5.74, 6) is -2.00. The van der Waals surface area contributed by atoms with Gasteiger partial charge in [0.1, 0.15) is 10.8 Å². The van der Waals surface area contributed by atoms with Crippen LogP contribution >= 0.6 is 11.3 Å². The van der Waals surface area contributed by atoms with E-state index in [0.29, 0.717) is 10.8 Å². The zero-order valence-corrected chi connectivity index (χ0v) is 19.8. The van der Waals surface area contributed by atoms with Gasteiger partial charge in [-0.15, -0.1) is 11.3 Å². The van der Waals surface area contributed by atoms with Crippen LogP contribution in [-0.2, 0) is 30.4 Å². The van der Waals surface area contributed by atoms with Crippen molar-refractivity contribution in [1.29, 1.82) is 0 Å². The van der Waals surface area contributed by atoms with E-state index < -0.39 is 30.4 Å². The van der Waals surface area contributed by atoms with Crippen LogP contribution in [0.4, 0.5) is 5.00 Å². The number of ether oxygens (including phenoxy) is 2. The van der Waals surface area contributed by atoms with Gasteiger partial charge in [-0.1, -0.05) is 30.3 Å². The molecule has 3 heterocycles. The van der Waals surface area contributed by atoms with Crippen LogP contribution < -0.4 is 5.32 Å². The molecule has 182 valence electrons. The predicted molar refractivity (Wildman–Crippen MR) is 128 cm³/mol. The lowest BCUT2D eigenvalue weighted by atomic mass is 10.1. The van der Waals surface area contributed by atoms with Gasteiger partial charge in [-0.2, -0.15) is 0 Å². The molecule has 1 aromatic carbocycles. The Labute approximate surface area is 205 Å². The lowest BCUT2D eigenvalue weighted by molar-refractivity contribution is -0.151. The summed E-state index contributed by atoms with van der Waals surface area (Å²) in [6.45, 7) is 1.82. The average Bonchev–Trinajstić information content (AvgIpc) is 3.60. The quantitative estimate of drug-likeness (QED) is 0.449. The number of thiophene rings is 1. The molecule has 9 nitrogen and oxygen atoms in total. The number of esters is 2. The van der Waals surface area contributed by atoms with E-state index in [9.17, 15) is 19.2 Å². The molecule has 1 aliphatic heterocycles. The molecule has 0 spiro atoms. The Balaban J connectivity index is 1.35. The van der Waals surface area contributed by atoms with Crippen molar-refractivity contribution >= 4 is 40.1 Å². The van der Waals surface area contributed by atoms with Crippen molar-refractivity contribution in [2.45, 2.75) is 19.9 Å². The van der Waals surface area contributed by atoms with Gasteiger partial charge in [0.05, 0.1) is 30.9 Å². The van der Waals surface area contributed by atoms with Crippen LogP contribution in [0.5, 0.6) is 0 Å². The molecule has 2 amide bonds. The van der Waals surface area contributed by atoms with Gasteiger partial charge in [0.15, 0.2) is 6.61 Å². The molecule has 10 heteroatoms. The first-order valence-corrected chi connectivity index (χ1v) is 11.9. The van der Waals surface area contributed by atoms with Gasteiger partial charge >= 0.3 is 11.9 Å². The molecular formula is C25H24N2O7S. The zero-order chi connectivity index (χ0) is 24.8. The van der Waals surface area contributed by atoms with E-state index in [1.54, 1.807) is 25.1 Å². The Morgan fingerprint density at radius 3 is 2.66 bits per heavy atom. The maximum atomic E-state index is 12.5. The van der Waals surface area contributed by atoms with Crippen molar-refractivity contribution in [2.75, 3.05) is 25.1 Å². The summed E-state index contributed by atoms with van der Waals surface area (Å²) in [6.07, 6.45) is 1.53. The minimum absolute atomic E-state index is 0.0134. The largest absolute Gasteiger partial charge is 0.467 e. The number of anilines is 1. The number of nitrogens with one attached hydrogen (secondary N) is 1. The summed E-state index contributed by atoms with van der Waals surface area (Å²) in [5.41, 5.74) is 1.12. The summed E-state index contributed by atoms with van der Waals surface area (Å²) >= 11 is 1.22. The molecule has 1 aliphatic rings. The third-order valence-electron chi connectivity index (χ3n) is 5.36. The topological polar surface area (TPSA) is 115 Å². The zero-order valence-electron chi connectivity index (χ0n) is 19.0. The molecule has 2 aromatic heterocycles. The van der Waals surface area contributed by atoms with E-state index in [-0.39, 0.29) is 37.6 Å². The molecule has 1 N–H and O–H groups in total. The molecule has 0 bridgehead atoms. The normalized spacial score (nSPS) is 15.2. The van der Waals surface area contributed by atoms with E-state index in [0.717, 1.165) is 10.4 Å². The van der Waals surface area contributed by atoms with Crippen LogP contribution in [0.25, 0.3) is 10.4 Å². The minimum atomic E-state index is -0.660. The van der Waals surface area contributed by atoms with E-state index in [1.165, 1.54) is 22.5 Å². The summed E-state index contributed by atoms with van der Waals surface area (Å²) in [6, 6.07) is 14.6. The Morgan fingerprint density at radius 1 is 1.14 bits per heavy atom. The van der Waals surface area contributed by atoms with Gasteiger partial charge in [0.25, 0.3) is 5.91 Å². The SMILES string of the molecule is CCOC(=O)c1cc(-c2ccccc2)sc1NC(=O)COC(=O)[C@@H]1CC(=O)N(Cc2ccco2)C1. The van der Waals surface area contributed by atoms with E-state index in [1.807, 2.05) is 30.3 Å². The Hall–Kier alpha value is -3.92. The Morgan fingerprint density at radius 2 is 1.94 bits per heavy atom. The highest BCUT2D eigenvalue weighted by atomic mass is 32.1. The molecule has 3 aromatic rings. The van der Waals surface area contributed by atoms with Crippen molar-refractivity contribution in [3.05, 3.63) is 66.1 Å². The van der Waals surface area contributed by atoms with Gasteiger partial charge in [-0.25, -0.2) is 4.79 Å². The number of benzene rings is 1. The summed E-state index contributed by atoms with van der Waals surface area (Å²) in [7, 11) is 0. The van der Waals surface area contributed by atoms with E-state index >= 15 is 0 Å². The predicted octanol–water partition coefficient (Wildman–Crippen LogP) is 3.72. The molecule has 0 aliphatic carbocycles. The fourth-order valence-electron chi connectivity index (χ4n) is 3.68. The third-order valence-corrected chi connectivity index (χ3v) is 6.46. The summed E-state index contributed by atoms with van der Waals surface area (Å²) in [4.78, 5) is 51.9. The number of nitrogens with zero attached hydrogens (tertiary/aromatic N) is 1. The number of amides is 2. The molecule has 1 fully saturated rings. The molecule has 4 rings (SSSR count). The molecule has 35 heavy (non-hydrogen) atoms. The second-order valence-corrected chi connectivity index (χ2v) is 8.90.